The van der Waals surface area contributed by atoms with Gasteiger partial charge in [-0.2, -0.15) is 0 Å². The van der Waals surface area contributed by atoms with Crippen LogP contribution in [0.1, 0.15) is 36.5 Å². The third-order valence-electron chi connectivity index (χ3n) is 6.92. The molecule has 0 saturated heterocycles. The van der Waals surface area contributed by atoms with Crippen molar-refractivity contribution in [2.75, 3.05) is 0 Å². The second-order valence-corrected chi connectivity index (χ2v) is 16.1. The highest BCUT2D eigenvalue weighted by atomic mass is 28.3. The molecule has 0 spiro atoms. The number of rotatable bonds is 4. The van der Waals surface area contributed by atoms with Gasteiger partial charge in [-0.25, -0.2) is 13.8 Å². The highest BCUT2D eigenvalue weighted by molar-refractivity contribution is 6.76. The summed E-state index contributed by atoms with van der Waals surface area (Å²) in [7, 11) is -1.48. The fraction of sp³-hybridized carbons (Fsp3) is 0.400. The Morgan fingerprint density at radius 3 is 2.56 bits per heavy atom. The Kier molecular flexibility index (Phi) is 5.07. The molecule has 178 valence electrons. The molecule has 0 unspecified atom stereocenters. The van der Waals surface area contributed by atoms with Crippen molar-refractivity contribution in [3.05, 3.63) is 56.9 Å². The minimum absolute atomic E-state index is 0.164. The van der Waals surface area contributed by atoms with E-state index in [1.165, 1.54) is 10.6 Å². The third-order valence-corrected chi connectivity index (χ3v) is 8.67. The van der Waals surface area contributed by atoms with Crippen molar-refractivity contribution in [2.45, 2.75) is 64.0 Å². The van der Waals surface area contributed by atoms with Gasteiger partial charge in [0, 0.05) is 30.7 Å². The lowest BCUT2D eigenvalue weighted by atomic mass is 9.85. The Bertz CT molecular complexity index is 1440. The number of aliphatic hydroxyl groups is 1. The van der Waals surface area contributed by atoms with Crippen molar-refractivity contribution < 1.29 is 23.4 Å². The summed E-state index contributed by atoms with van der Waals surface area (Å²) >= 11 is 0. The van der Waals surface area contributed by atoms with E-state index >= 15 is 0 Å². The summed E-state index contributed by atoms with van der Waals surface area (Å²) in [6.07, 6.45) is 0.629. The molecule has 2 aromatic heterocycles. The summed E-state index contributed by atoms with van der Waals surface area (Å²) in [5.74, 6) is -2.74. The van der Waals surface area contributed by atoms with Crippen molar-refractivity contribution >= 4 is 24.9 Å². The Morgan fingerprint density at radius 1 is 1.18 bits per heavy atom. The maximum atomic E-state index is 14.2. The second-order valence-electron chi connectivity index (χ2n) is 10.5. The van der Waals surface area contributed by atoms with Crippen LogP contribution in [0.5, 0.6) is 5.75 Å². The van der Waals surface area contributed by atoms with E-state index in [1.54, 1.807) is 13.0 Å². The van der Waals surface area contributed by atoms with Crippen LogP contribution in [0.2, 0.25) is 25.7 Å². The summed E-state index contributed by atoms with van der Waals surface area (Å²) < 4.78 is 35.1. The number of hydrogen-bond donors (Lipinski definition) is 1. The number of nitrogens with zero attached hydrogens (tertiary/aromatic N) is 2. The Labute approximate surface area is 196 Å². The minimum Gasteiger partial charge on any atom is -0.420 e. The molecule has 5 rings (SSSR count). The monoisotopic (exact) mass is 484 g/mol. The van der Waals surface area contributed by atoms with Gasteiger partial charge in [-0.05, 0) is 30.5 Å². The van der Waals surface area contributed by atoms with E-state index in [-0.39, 0.29) is 30.7 Å². The van der Waals surface area contributed by atoms with Crippen LogP contribution in [-0.2, 0) is 23.4 Å². The Morgan fingerprint density at radius 2 is 1.88 bits per heavy atom. The molecule has 9 heteroatoms. The van der Waals surface area contributed by atoms with Gasteiger partial charge < -0.3 is 9.84 Å². The van der Waals surface area contributed by atoms with Crippen LogP contribution >= 0.6 is 0 Å². The van der Waals surface area contributed by atoms with E-state index in [9.17, 15) is 23.5 Å². The lowest BCUT2D eigenvalue weighted by molar-refractivity contribution is -0.143. The number of aryl methyl sites for hydroxylation is 1. The van der Waals surface area contributed by atoms with Crippen LogP contribution in [0.25, 0.3) is 22.3 Å². The van der Waals surface area contributed by atoms with E-state index in [0.717, 1.165) is 23.2 Å². The third kappa shape index (κ3) is 3.49. The van der Waals surface area contributed by atoms with Gasteiger partial charge in [-0.3, -0.25) is 14.2 Å². The standard InChI is InChI=1S/C25H26F2N2O4Si/c1-5-25(32)11-21(30)33-23-16(25)9-20-22-15(12-29(20)24(23)31)13(6-7-34(2,3)4)14-8-17(26)18(27)10-19(14)28-22/h8-10,32H,5-7,11-12H2,1-4H3/t25-/m1/s1. The average molecular weight is 485 g/mol. The fourth-order valence-corrected chi connectivity index (χ4v) is 5.91. The quantitative estimate of drug-likeness (QED) is 0.341. The van der Waals surface area contributed by atoms with Gasteiger partial charge in [0.25, 0.3) is 5.56 Å². The summed E-state index contributed by atoms with van der Waals surface area (Å²) in [4.78, 5) is 30.1. The Balaban J connectivity index is 1.79. The van der Waals surface area contributed by atoms with Gasteiger partial charge in [0.2, 0.25) is 5.75 Å². The van der Waals surface area contributed by atoms with Gasteiger partial charge >= 0.3 is 5.97 Å². The average Bonchev–Trinajstić information content (AvgIpc) is 3.11. The molecular formula is C25H26F2N2O4Si. The molecule has 1 aromatic carbocycles. The lowest BCUT2D eigenvalue weighted by Gasteiger charge is -2.32. The van der Waals surface area contributed by atoms with Crippen molar-refractivity contribution in [2.24, 2.45) is 0 Å². The summed E-state index contributed by atoms with van der Waals surface area (Å²) in [5.41, 5.74) is 1.16. The number of aromatic nitrogens is 2. The molecule has 0 amide bonds. The maximum absolute atomic E-state index is 14.2. The highest BCUT2D eigenvalue weighted by Gasteiger charge is 2.42. The van der Waals surface area contributed by atoms with Crippen molar-refractivity contribution in [1.29, 1.82) is 0 Å². The first-order valence-corrected chi connectivity index (χ1v) is 15.1. The van der Waals surface area contributed by atoms with Crippen molar-refractivity contribution in [3.63, 3.8) is 0 Å². The van der Waals surface area contributed by atoms with Crippen LogP contribution in [0.3, 0.4) is 0 Å². The molecule has 0 fully saturated rings. The molecule has 1 N–H and O–H groups in total. The van der Waals surface area contributed by atoms with Gasteiger partial charge in [0.05, 0.1) is 29.9 Å². The molecule has 2 aliphatic rings. The zero-order valence-corrected chi connectivity index (χ0v) is 20.6. The molecule has 3 aromatic rings. The number of carbonyl (C=O) groups is 1. The van der Waals surface area contributed by atoms with Gasteiger partial charge in [-0.1, -0.05) is 32.6 Å². The van der Waals surface area contributed by atoms with E-state index in [0.29, 0.717) is 28.7 Å². The number of fused-ring (bicyclic) bond motifs is 5. The molecule has 1 atom stereocenters. The van der Waals surface area contributed by atoms with Crippen LogP contribution in [-0.4, -0.2) is 28.7 Å². The smallest absolute Gasteiger partial charge is 0.314 e. The van der Waals surface area contributed by atoms with Gasteiger partial charge in [0.1, 0.15) is 5.60 Å². The second kappa shape index (κ2) is 7.54. The largest absolute Gasteiger partial charge is 0.420 e. The van der Waals surface area contributed by atoms with Crippen molar-refractivity contribution in [3.8, 4) is 17.1 Å². The molecule has 6 nitrogen and oxygen atoms in total. The molecule has 0 aliphatic carbocycles. The Hall–Kier alpha value is -2.91. The first-order valence-electron chi connectivity index (χ1n) is 11.4. The molecular weight excluding hydrogens is 458 g/mol. The molecule has 4 heterocycles. The number of carbonyl (C=O) groups excluding carboxylic acids is 1. The predicted octanol–water partition coefficient (Wildman–Crippen LogP) is 4.49. The molecule has 2 aliphatic heterocycles. The van der Waals surface area contributed by atoms with E-state index in [2.05, 4.69) is 24.6 Å². The number of halogens is 2. The SMILES string of the molecule is CC[C@@]1(O)CC(=O)Oc2c1cc1n(c2=O)Cc2c-1nc1cc(F)c(F)cc1c2CC[Si](C)(C)C. The number of ether oxygens (including phenoxy) is 1. The molecule has 0 saturated carbocycles. The van der Waals surface area contributed by atoms with Crippen LogP contribution < -0.4 is 10.3 Å². The zero-order valence-electron chi connectivity index (χ0n) is 19.6. The zero-order chi connectivity index (χ0) is 24.6. The van der Waals surface area contributed by atoms with E-state index in [1.807, 2.05) is 0 Å². The van der Waals surface area contributed by atoms with Crippen molar-refractivity contribution in [1.82, 2.24) is 9.55 Å². The van der Waals surface area contributed by atoms with Crippen LogP contribution in [0.15, 0.2) is 23.0 Å². The summed E-state index contributed by atoms with van der Waals surface area (Å²) in [5, 5.41) is 11.7. The maximum Gasteiger partial charge on any atom is 0.314 e. The molecule has 0 radical (unpaired) electrons. The lowest BCUT2D eigenvalue weighted by Crippen LogP contribution is -2.39. The number of hydrogen-bond acceptors (Lipinski definition) is 5. The normalized spacial score (nSPS) is 19.1. The summed E-state index contributed by atoms with van der Waals surface area (Å²) in [6, 6.07) is 4.85. The van der Waals surface area contributed by atoms with Gasteiger partial charge in [0.15, 0.2) is 11.6 Å². The summed E-state index contributed by atoms with van der Waals surface area (Å²) in [6.45, 7) is 8.64. The number of pyridine rings is 2. The minimum atomic E-state index is -1.52. The highest BCUT2D eigenvalue weighted by Crippen LogP contribution is 2.43. The molecule has 34 heavy (non-hydrogen) atoms. The van der Waals surface area contributed by atoms with Crippen LogP contribution in [0, 0.1) is 11.6 Å². The number of esters is 1. The topological polar surface area (TPSA) is 81.4 Å². The van der Waals surface area contributed by atoms with Gasteiger partial charge in [-0.15, -0.1) is 0 Å². The predicted molar refractivity (Wildman–Crippen MR) is 127 cm³/mol. The molecule has 0 bridgehead atoms. The van der Waals surface area contributed by atoms with E-state index < -0.39 is 36.8 Å². The van der Waals surface area contributed by atoms with E-state index in [4.69, 9.17) is 4.74 Å². The first kappa shape index (κ1) is 22.9. The van der Waals surface area contributed by atoms with Crippen LogP contribution in [0.4, 0.5) is 8.78 Å². The number of benzene rings is 1. The fourth-order valence-electron chi connectivity index (χ4n) is 4.91. The first-order chi connectivity index (χ1) is 15.9.